The Balaban J connectivity index is 1.65. The molecule has 5 rings (SSSR count). The number of fused-ring (bicyclic) bond motifs is 2. The van der Waals surface area contributed by atoms with Crippen molar-refractivity contribution in [3.63, 3.8) is 0 Å². The summed E-state index contributed by atoms with van der Waals surface area (Å²) in [5, 5.41) is 3.28. The molecule has 4 nitrogen and oxygen atoms in total. The molecule has 4 aromatic carbocycles. The third-order valence-corrected chi connectivity index (χ3v) is 6.84. The van der Waals surface area contributed by atoms with Crippen LogP contribution in [-0.4, -0.2) is 18.0 Å². The molecule has 0 radical (unpaired) electrons. The number of methoxy groups -OCH3 is 1. The zero-order valence-electron chi connectivity index (χ0n) is 18.2. The third kappa shape index (κ3) is 4.17. The molecular formula is C27H21ClN2O2S. The zero-order valence-corrected chi connectivity index (χ0v) is 19.8. The lowest BCUT2D eigenvalue weighted by atomic mass is 10.0. The smallest absolute Gasteiger partial charge is 0.264 e. The van der Waals surface area contributed by atoms with Crippen LogP contribution in [0.4, 0.5) is 5.13 Å². The molecule has 0 saturated carbocycles. The van der Waals surface area contributed by atoms with E-state index in [1.54, 1.807) is 12.0 Å². The number of halogens is 1. The van der Waals surface area contributed by atoms with Crippen LogP contribution in [0.2, 0.25) is 5.02 Å². The molecule has 1 heterocycles. The summed E-state index contributed by atoms with van der Waals surface area (Å²) in [7, 11) is 1.59. The SMILES string of the molecule is COc1cc2ccccc2cc1C(=O)N(Cc1ccccc1)c1nc2c(C)cc(Cl)cc2s1. The Hall–Kier alpha value is -3.41. The molecule has 0 spiro atoms. The van der Waals surface area contributed by atoms with Crippen LogP contribution in [0.1, 0.15) is 21.5 Å². The number of ether oxygens (including phenoxy) is 1. The number of carbonyl (C=O) groups is 1. The van der Waals surface area contributed by atoms with Gasteiger partial charge in [0.05, 0.1) is 29.4 Å². The Morgan fingerprint density at radius 2 is 1.70 bits per heavy atom. The van der Waals surface area contributed by atoms with E-state index < -0.39 is 0 Å². The van der Waals surface area contributed by atoms with Crippen molar-refractivity contribution in [2.24, 2.45) is 0 Å². The summed E-state index contributed by atoms with van der Waals surface area (Å²) in [5.41, 5.74) is 3.35. The second kappa shape index (κ2) is 8.85. The van der Waals surface area contributed by atoms with Crippen LogP contribution in [0.3, 0.4) is 0 Å². The van der Waals surface area contributed by atoms with Gasteiger partial charge < -0.3 is 4.74 Å². The number of thiazole rings is 1. The van der Waals surface area contributed by atoms with Crippen molar-refractivity contribution in [2.45, 2.75) is 13.5 Å². The first-order valence-electron chi connectivity index (χ1n) is 10.5. The molecule has 6 heteroatoms. The van der Waals surface area contributed by atoms with Gasteiger partial charge in [-0.2, -0.15) is 0 Å². The lowest BCUT2D eigenvalue weighted by Crippen LogP contribution is -2.30. The Kier molecular flexibility index (Phi) is 5.75. The average molecular weight is 473 g/mol. The zero-order chi connectivity index (χ0) is 22.9. The summed E-state index contributed by atoms with van der Waals surface area (Å²) in [6.45, 7) is 2.37. The highest BCUT2D eigenvalue weighted by Gasteiger charge is 2.25. The fraction of sp³-hybridized carbons (Fsp3) is 0.111. The summed E-state index contributed by atoms with van der Waals surface area (Å²) in [4.78, 5) is 20.5. The Morgan fingerprint density at radius 1 is 1.00 bits per heavy atom. The highest BCUT2D eigenvalue weighted by atomic mass is 35.5. The van der Waals surface area contributed by atoms with Gasteiger partial charge in [-0.25, -0.2) is 4.98 Å². The van der Waals surface area contributed by atoms with Crippen molar-refractivity contribution in [3.8, 4) is 5.75 Å². The number of aromatic nitrogens is 1. The minimum Gasteiger partial charge on any atom is -0.496 e. The number of carbonyl (C=O) groups excluding carboxylic acids is 1. The summed E-state index contributed by atoms with van der Waals surface area (Å²) in [5.74, 6) is 0.376. The van der Waals surface area contributed by atoms with Gasteiger partial charge in [0, 0.05) is 5.02 Å². The van der Waals surface area contributed by atoms with Crippen LogP contribution in [0.5, 0.6) is 5.75 Å². The number of hydrogen-bond donors (Lipinski definition) is 0. The molecular weight excluding hydrogens is 452 g/mol. The van der Waals surface area contributed by atoms with E-state index in [1.165, 1.54) is 11.3 Å². The molecule has 164 valence electrons. The van der Waals surface area contributed by atoms with E-state index in [9.17, 15) is 4.79 Å². The van der Waals surface area contributed by atoms with Crippen LogP contribution >= 0.6 is 22.9 Å². The van der Waals surface area contributed by atoms with Gasteiger partial charge in [0.15, 0.2) is 5.13 Å². The number of amides is 1. The molecule has 0 aliphatic rings. The van der Waals surface area contributed by atoms with Crippen LogP contribution < -0.4 is 9.64 Å². The van der Waals surface area contributed by atoms with Gasteiger partial charge >= 0.3 is 0 Å². The highest BCUT2D eigenvalue weighted by Crippen LogP contribution is 2.36. The lowest BCUT2D eigenvalue weighted by Gasteiger charge is -2.21. The second-order valence-corrected chi connectivity index (χ2v) is 9.29. The summed E-state index contributed by atoms with van der Waals surface area (Å²) in [6, 6.07) is 25.4. The fourth-order valence-corrected chi connectivity index (χ4v) is 5.37. The minimum atomic E-state index is -0.163. The molecule has 0 unspecified atom stereocenters. The first-order valence-corrected chi connectivity index (χ1v) is 11.7. The van der Waals surface area contributed by atoms with Crippen molar-refractivity contribution < 1.29 is 9.53 Å². The number of nitrogens with zero attached hydrogens (tertiary/aromatic N) is 2. The number of aryl methyl sites for hydroxylation is 1. The third-order valence-electron chi connectivity index (χ3n) is 5.60. The molecule has 0 fully saturated rings. The van der Waals surface area contributed by atoms with Gasteiger partial charge in [-0.05, 0) is 53.1 Å². The van der Waals surface area contributed by atoms with Gasteiger partial charge in [0.25, 0.3) is 5.91 Å². The summed E-state index contributed by atoms with van der Waals surface area (Å²) < 4.78 is 6.57. The number of benzene rings is 4. The van der Waals surface area contributed by atoms with Crippen molar-refractivity contribution in [1.82, 2.24) is 4.98 Å². The van der Waals surface area contributed by atoms with E-state index in [4.69, 9.17) is 21.3 Å². The molecule has 5 aromatic rings. The van der Waals surface area contributed by atoms with E-state index in [2.05, 4.69) is 0 Å². The maximum absolute atomic E-state index is 14.0. The van der Waals surface area contributed by atoms with Gasteiger partial charge in [0.1, 0.15) is 5.75 Å². The molecule has 0 saturated heterocycles. The predicted molar refractivity (Wildman–Crippen MR) is 137 cm³/mol. The number of rotatable bonds is 5. The molecule has 0 bridgehead atoms. The predicted octanol–water partition coefficient (Wildman–Crippen LogP) is 7.27. The fourth-order valence-electron chi connectivity index (χ4n) is 3.95. The molecule has 1 amide bonds. The largest absolute Gasteiger partial charge is 0.496 e. The van der Waals surface area contributed by atoms with Crippen molar-refractivity contribution in [3.05, 3.63) is 101 Å². The van der Waals surface area contributed by atoms with Crippen LogP contribution in [0.25, 0.3) is 21.0 Å². The second-order valence-electron chi connectivity index (χ2n) is 7.84. The van der Waals surface area contributed by atoms with Gasteiger partial charge in [-0.3, -0.25) is 9.69 Å². The summed E-state index contributed by atoms with van der Waals surface area (Å²) >= 11 is 7.74. The van der Waals surface area contributed by atoms with E-state index in [0.717, 1.165) is 32.1 Å². The van der Waals surface area contributed by atoms with Crippen LogP contribution in [-0.2, 0) is 6.54 Å². The van der Waals surface area contributed by atoms with E-state index in [-0.39, 0.29) is 5.91 Å². The molecule has 33 heavy (non-hydrogen) atoms. The lowest BCUT2D eigenvalue weighted by molar-refractivity contribution is 0.0982. The van der Waals surface area contributed by atoms with E-state index in [0.29, 0.717) is 28.0 Å². The summed E-state index contributed by atoms with van der Waals surface area (Å²) in [6.07, 6.45) is 0. The monoisotopic (exact) mass is 472 g/mol. The number of anilines is 1. The Labute approximate surface area is 201 Å². The Morgan fingerprint density at radius 3 is 2.42 bits per heavy atom. The molecule has 0 aliphatic carbocycles. The molecule has 0 atom stereocenters. The van der Waals surface area contributed by atoms with Gasteiger partial charge in [0.2, 0.25) is 0 Å². The molecule has 0 aliphatic heterocycles. The highest BCUT2D eigenvalue weighted by molar-refractivity contribution is 7.22. The van der Waals surface area contributed by atoms with E-state index >= 15 is 0 Å². The van der Waals surface area contributed by atoms with Crippen molar-refractivity contribution in [1.29, 1.82) is 0 Å². The van der Waals surface area contributed by atoms with Crippen LogP contribution in [0.15, 0.2) is 78.9 Å². The maximum Gasteiger partial charge on any atom is 0.264 e. The maximum atomic E-state index is 14.0. The average Bonchev–Trinajstić information content (AvgIpc) is 3.26. The Bertz CT molecular complexity index is 1480. The topological polar surface area (TPSA) is 42.4 Å². The first-order chi connectivity index (χ1) is 16.0. The number of hydrogen-bond acceptors (Lipinski definition) is 4. The van der Waals surface area contributed by atoms with Crippen LogP contribution in [0, 0.1) is 6.92 Å². The first kappa shape index (κ1) is 21.4. The van der Waals surface area contributed by atoms with Gasteiger partial charge in [-0.1, -0.05) is 77.5 Å². The van der Waals surface area contributed by atoms with Crippen molar-refractivity contribution >= 4 is 55.0 Å². The van der Waals surface area contributed by atoms with Crippen molar-refractivity contribution in [2.75, 3.05) is 12.0 Å². The van der Waals surface area contributed by atoms with Gasteiger partial charge in [-0.15, -0.1) is 0 Å². The standard InChI is InChI=1S/C27H21ClN2O2S/c1-17-12-21(28)15-24-25(17)29-27(33-24)30(16-18-8-4-3-5-9-18)26(31)22-13-19-10-6-7-11-20(19)14-23(22)32-2/h3-15H,16H2,1-2H3. The molecule has 1 aromatic heterocycles. The van der Waals surface area contributed by atoms with E-state index in [1.807, 2.05) is 85.8 Å². The normalized spacial score (nSPS) is 11.1. The molecule has 0 N–H and O–H groups in total. The minimum absolute atomic E-state index is 0.163. The quantitative estimate of drug-likeness (QED) is 0.270.